The van der Waals surface area contributed by atoms with Gasteiger partial charge in [0.25, 0.3) is 0 Å². The molecule has 3 nitrogen and oxygen atoms in total. The maximum absolute atomic E-state index is 13.3. The van der Waals surface area contributed by atoms with Crippen LogP contribution in [0.4, 0.5) is 4.39 Å². The van der Waals surface area contributed by atoms with E-state index in [9.17, 15) is 9.50 Å². The van der Waals surface area contributed by atoms with Crippen molar-refractivity contribution >= 4 is 23.2 Å². The number of benzene rings is 1. The molecule has 0 radical (unpaired) electrons. The second kappa shape index (κ2) is 6.99. The summed E-state index contributed by atoms with van der Waals surface area (Å²) in [7, 11) is 0. The molecule has 0 fully saturated rings. The van der Waals surface area contributed by atoms with Crippen LogP contribution < -0.4 is 5.32 Å². The Bertz CT molecular complexity index is 578. The van der Waals surface area contributed by atoms with E-state index >= 15 is 0 Å². The van der Waals surface area contributed by atoms with Crippen LogP contribution in [0.25, 0.3) is 0 Å². The predicted molar refractivity (Wildman–Crippen MR) is 77.3 cm³/mol. The number of pyridine rings is 1. The third-order valence-electron chi connectivity index (χ3n) is 2.78. The second-order valence-corrected chi connectivity index (χ2v) is 5.10. The minimum absolute atomic E-state index is 0.0427. The van der Waals surface area contributed by atoms with Gasteiger partial charge >= 0.3 is 0 Å². The monoisotopic (exact) mass is 314 g/mol. The third kappa shape index (κ3) is 4.15. The van der Waals surface area contributed by atoms with Gasteiger partial charge in [-0.25, -0.2) is 9.37 Å². The molecule has 1 unspecified atom stereocenters. The number of aromatic nitrogens is 1. The molecule has 6 heteroatoms. The summed E-state index contributed by atoms with van der Waals surface area (Å²) in [6.07, 6.45) is 0.853. The minimum atomic E-state index is -0.804. The van der Waals surface area contributed by atoms with Crippen LogP contribution in [0, 0.1) is 5.82 Å². The Kier molecular flexibility index (Phi) is 5.31. The Labute approximate surface area is 126 Å². The van der Waals surface area contributed by atoms with Gasteiger partial charge in [-0.1, -0.05) is 35.3 Å². The summed E-state index contributed by atoms with van der Waals surface area (Å²) >= 11 is 11.3. The van der Waals surface area contributed by atoms with E-state index in [1.807, 2.05) is 6.07 Å². The molecule has 1 aromatic heterocycles. The van der Waals surface area contributed by atoms with E-state index in [1.54, 1.807) is 18.3 Å². The zero-order valence-electron chi connectivity index (χ0n) is 10.5. The normalized spacial score (nSPS) is 12.4. The topological polar surface area (TPSA) is 45.1 Å². The summed E-state index contributed by atoms with van der Waals surface area (Å²) in [5.74, 6) is -0.537. The Balaban J connectivity index is 1.87. The van der Waals surface area contributed by atoms with Gasteiger partial charge in [0.15, 0.2) is 0 Å². The molecule has 0 spiro atoms. The van der Waals surface area contributed by atoms with Gasteiger partial charge in [-0.2, -0.15) is 0 Å². The highest BCUT2D eigenvalue weighted by Crippen LogP contribution is 2.20. The Morgan fingerprint density at radius 1 is 1.25 bits per heavy atom. The lowest BCUT2D eigenvalue weighted by Gasteiger charge is -2.12. The molecule has 2 rings (SSSR count). The number of hydrogen-bond donors (Lipinski definition) is 2. The first kappa shape index (κ1) is 15.2. The smallest absolute Gasteiger partial charge is 0.142 e. The lowest BCUT2D eigenvalue weighted by Crippen LogP contribution is -2.21. The zero-order chi connectivity index (χ0) is 14.5. The first-order valence-corrected chi connectivity index (χ1v) is 6.76. The Morgan fingerprint density at radius 2 is 2.05 bits per heavy atom. The summed E-state index contributed by atoms with van der Waals surface area (Å²) in [6, 6.07) is 7.80. The van der Waals surface area contributed by atoms with Gasteiger partial charge in [0.2, 0.25) is 0 Å². The van der Waals surface area contributed by atoms with Gasteiger partial charge in [0.1, 0.15) is 11.0 Å². The molecule has 1 heterocycles. The molecule has 0 saturated carbocycles. The Morgan fingerprint density at radius 3 is 2.70 bits per heavy atom. The molecular formula is C14H13Cl2FN2O. The molecule has 0 amide bonds. The number of aliphatic hydroxyl groups is 1. The van der Waals surface area contributed by atoms with E-state index in [-0.39, 0.29) is 5.02 Å². The summed E-state index contributed by atoms with van der Waals surface area (Å²) in [6.45, 7) is 0.834. The van der Waals surface area contributed by atoms with Crippen LogP contribution in [0.2, 0.25) is 10.2 Å². The van der Waals surface area contributed by atoms with Gasteiger partial charge in [-0.15, -0.1) is 0 Å². The first-order chi connectivity index (χ1) is 9.56. The van der Waals surface area contributed by atoms with Crippen LogP contribution >= 0.6 is 23.2 Å². The molecule has 1 aromatic carbocycles. The van der Waals surface area contributed by atoms with Crippen LogP contribution in [0.3, 0.4) is 0 Å². The van der Waals surface area contributed by atoms with Crippen LogP contribution in [0.5, 0.6) is 0 Å². The fourth-order valence-electron chi connectivity index (χ4n) is 1.70. The van der Waals surface area contributed by atoms with Crippen molar-refractivity contribution in [2.75, 3.05) is 6.54 Å². The van der Waals surface area contributed by atoms with E-state index in [2.05, 4.69) is 10.3 Å². The minimum Gasteiger partial charge on any atom is -0.387 e. The van der Waals surface area contributed by atoms with Crippen molar-refractivity contribution in [2.45, 2.75) is 12.6 Å². The highest BCUT2D eigenvalue weighted by Gasteiger charge is 2.09. The third-order valence-corrected chi connectivity index (χ3v) is 3.31. The van der Waals surface area contributed by atoms with Crippen LogP contribution in [0.15, 0.2) is 36.5 Å². The second-order valence-electron chi connectivity index (χ2n) is 4.31. The van der Waals surface area contributed by atoms with Crippen molar-refractivity contribution in [1.29, 1.82) is 0 Å². The average molecular weight is 315 g/mol. The molecule has 1 atom stereocenters. The number of nitrogens with one attached hydrogen (secondary N) is 1. The van der Waals surface area contributed by atoms with Crippen LogP contribution in [-0.4, -0.2) is 16.6 Å². The number of nitrogens with zero attached hydrogens (tertiary/aromatic N) is 1. The van der Waals surface area contributed by atoms with Gasteiger partial charge in [-0.05, 0) is 29.3 Å². The number of rotatable bonds is 5. The van der Waals surface area contributed by atoms with Crippen molar-refractivity contribution in [3.05, 3.63) is 63.6 Å². The lowest BCUT2D eigenvalue weighted by molar-refractivity contribution is 0.174. The van der Waals surface area contributed by atoms with Crippen molar-refractivity contribution in [2.24, 2.45) is 0 Å². The molecule has 0 aliphatic rings. The van der Waals surface area contributed by atoms with Crippen LogP contribution in [-0.2, 0) is 6.54 Å². The summed E-state index contributed by atoms with van der Waals surface area (Å²) in [4.78, 5) is 3.96. The number of aliphatic hydroxyl groups excluding tert-OH is 1. The molecule has 2 aromatic rings. The molecule has 2 N–H and O–H groups in total. The zero-order valence-corrected chi connectivity index (χ0v) is 12.0. The highest BCUT2D eigenvalue weighted by atomic mass is 35.5. The van der Waals surface area contributed by atoms with Gasteiger partial charge in [-0.3, -0.25) is 0 Å². The number of hydrogen-bond acceptors (Lipinski definition) is 3. The fourth-order valence-corrected chi connectivity index (χ4v) is 1.93. The van der Waals surface area contributed by atoms with Crippen molar-refractivity contribution in [3.63, 3.8) is 0 Å². The van der Waals surface area contributed by atoms with E-state index in [4.69, 9.17) is 23.2 Å². The molecular weight excluding hydrogens is 302 g/mol. The van der Waals surface area contributed by atoms with E-state index < -0.39 is 11.9 Å². The standard InChI is InChI=1S/C14H13Cl2FN2O/c15-11-3-2-10(5-12(11)17)13(20)8-18-6-9-1-4-14(16)19-7-9/h1-5,7,13,18,20H,6,8H2. The van der Waals surface area contributed by atoms with E-state index in [0.29, 0.717) is 23.8 Å². The predicted octanol–water partition coefficient (Wildman–Crippen LogP) is 3.35. The largest absolute Gasteiger partial charge is 0.387 e. The van der Waals surface area contributed by atoms with Gasteiger partial charge in [0.05, 0.1) is 11.1 Å². The summed E-state index contributed by atoms with van der Waals surface area (Å²) in [5, 5.41) is 13.5. The SMILES string of the molecule is OC(CNCc1ccc(Cl)nc1)c1ccc(Cl)c(F)c1. The quantitative estimate of drug-likeness (QED) is 0.832. The number of halogens is 3. The molecule has 106 valence electrons. The molecule has 0 bridgehead atoms. The van der Waals surface area contributed by atoms with E-state index in [1.165, 1.54) is 12.1 Å². The maximum Gasteiger partial charge on any atom is 0.142 e. The summed E-state index contributed by atoms with van der Waals surface area (Å²) in [5.41, 5.74) is 1.43. The van der Waals surface area contributed by atoms with Crippen molar-refractivity contribution < 1.29 is 9.50 Å². The van der Waals surface area contributed by atoms with Crippen molar-refractivity contribution in [1.82, 2.24) is 10.3 Å². The average Bonchev–Trinajstić information content (AvgIpc) is 2.44. The molecule has 0 aliphatic carbocycles. The van der Waals surface area contributed by atoms with Crippen LogP contribution in [0.1, 0.15) is 17.2 Å². The van der Waals surface area contributed by atoms with E-state index in [0.717, 1.165) is 5.56 Å². The first-order valence-electron chi connectivity index (χ1n) is 6.00. The molecule has 20 heavy (non-hydrogen) atoms. The Hall–Kier alpha value is -1.20. The maximum atomic E-state index is 13.3. The fraction of sp³-hybridized carbons (Fsp3) is 0.214. The highest BCUT2D eigenvalue weighted by molar-refractivity contribution is 6.30. The molecule has 0 aliphatic heterocycles. The molecule has 0 saturated heterocycles. The van der Waals surface area contributed by atoms with Gasteiger partial charge < -0.3 is 10.4 Å². The van der Waals surface area contributed by atoms with Gasteiger partial charge in [0, 0.05) is 19.3 Å². The van der Waals surface area contributed by atoms with Crippen molar-refractivity contribution in [3.8, 4) is 0 Å². The summed E-state index contributed by atoms with van der Waals surface area (Å²) < 4.78 is 13.3. The lowest BCUT2D eigenvalue weighted by atomic mass is 10.1.